The molecular formula is C32H29F3N4O3. The second-order valence-corrected chi connectivity index (χ2v) is 11.3. The summed E-state index contributed by atoms with van der Waals surface area (Å²) in [4.78, 5) is 13.4. The summed E-state index contributed by atoms with van der Waals surface area (Å²) in [6, 6.07) is 8.84. The van der Waals surface area contributed by atoms with E-state index in [-0.39, 0.29) is 40.6 Å². The Morgan fingerprint density at radius 2 is 1.93 bits per heavy atom. The summed E-state index contributed by atoms with van der Waals surface area (Å²) in [5, 5.41) is 11.7. The van der Waals surface area contributed by atoms with Crippen molar-refractivity contribution in [1.82, 2.24) is 14.9 Å². The van der Waals surface area contributed by atoms with Gasteiger partial charge in [0.2, 0.25) is 0 Å². The summed E-state index contributed by atoms with van der Waals surface area (Å²) < 4.78 is 57.4. The Bertz CT molecular complexity index is 1750. The number of fused-ring (bicyclic) bond motifs is 3. The molecule has 216 valence electrons. The number of anilines is 1. The molecule has 0 aliphatic carbocycles. The maximum atomic E-state index is 16.6. The van der Waals surface area contributed by atoms with E-state index in [1.807, 2.05) is 4.90 Å². The number of benzene rings is 3. The predicted molar refractivity (Wildman–Crippen MR) is 154 cm³/mol. The molecule has 7 nitrogen and oxygen atoms in total. The maximum absolute atomic E-state index is 16.6. The third kappa shape index (κ3) is 4.39. The molecule has 10 heteroatoms. The van der Waals surface area contributed by atoms with Gasteiger partial charge in [-0.1, -0.05) is 18.1 Å². The van der Waals surface area contributed by atoms with Gasteiger partial charge in [-0.2, -0.15) is 9.97 Å². The molecule has 1 aromatic heterocycles. The molecule has 0 saturated carbocycles. The van der Waals surface area contributed by atoms with E-state index in [0.29, 0.717) is 61.2 Å². The second-order valence-electron chi connectivity index (χ2n) is 11.3. The van der Waals surface area contributed by atoms with E-state index in [0.717, 1.165) is 19.4 Å². The quantitative estimate of drug-likeness (QED) is 0.329. The van der Waals surface area contributed by atoms with Gasteiger partial charge in [0.1, 0.15) is 35.7 Å². The number of hydrogen-bond donors (Lipinski definition) is 1. The maximum Gasteiger partial charge on any atom is 0.319 e. The van der Waals surface area contributed by atoms with Gasteiger partial charge < -0.3 is 19.5 Å². The molecule has 3 aromatic carbocycles. The lowest BCUT2D eigenvalue weighted by Gasteiger charge is -2.31. The van der Waals surface area contributed by atoms with E-state index in [1.54, 1.807) is 12.1 Å². The zero-order valence-electron chi connectivity index (χ0n) is 22.9. The van der Waals surface area contributed by atoms with Crippen LogP contribution in [0.1, 0.15) is 24.8 Å². The number of nitrogens with zero attached hydrogens (tertiary/aromatic N) is 4. The smallest absolute Gasteiger partial charge is 0.319 e. The minimum atomic E-state index is -0.912. The summed E-state index contributed by atoms with van der Waals surface area (Å²) in [5.41, 5.74) is -0.0884. The van der Waals surface area contributed by atoms with Gasteiger partial charge in [0.05, 0.1) is 24.3 Å². The van der Waals surface area contributed by atoms with Gasteiger partial charge in [-0.25, -0.2) is 13.2 Å². The molecule has 3 saturated heterocycles. The van der Waals surface area contributed by atoms with Crippen LogP contribution in [-0.2, 0) is 4.74 Å². The number of phenols is 1. The third-order valence-electron chi connectivity index (χ3n) is 8.79. The number of aromatic nitrogens is 2. The number of alkyl halides is 1. The fourth-order valence-corrected chi connectivity index (χ4v) is 6.84. The lowest BCUT2D eigenvalue weighted by atomic mass is 9.93. The molecule has 0 radical (unpaired) electrons. The highest BCUT2D eigenvalue weighted by atomic mass is 19.1. The molecule has 3 fully saturated rings. The molecule has 7 rings (SSSR count). The Morgan fingerprint density at radius 3 is 2.74 bits per heavy atom. The van der Waals surface area contributed by atoms with Crippen molar-refractivity contribution < 1.29 is 27.8 Å². The monoisotopic (exact) mass is 574 g/mol. The SMILES string of the molecule is C#Cc1c(F)ccc2cc(O)cc(-c3ccc4c(N5CCOCC5)nc(OC[C@@]56CCCN5C[C@H](F)C6)nc4c3F)c12. The highest BCUT2D eigenvalue weighted by Gasteiger charge is 2.49. The molecule has 2 atom stereocenters. The minimum Gasteiger partial charge on any atom is -0.508 e. The summed E-state index contributed by atoms with van der Waals surface area (Å²) in [7, 11) is 0. The van der Waals surface area contributed by atoms with Crippen LogP contribution in [0.2, 0.25) is 0 Å². The number of phenolic OH excluding ortho intramolecular Hbond substituents is 1. The Morgan fingerprint density at radius 1 is 1.10 bits per heavy atom. The highest BCUT2D eigenvalue weighted by molar-refractivity contribution is 6.04. The van der Waals surface area contributed by atoms with Crippen molar-refractivity contribution in [2.24, 2.45) is 0 Å². The number of terminal acetylenes is 1. The lowest BCUT2D eigenvalue weighted by Crippen LogP contribution is -2.43. The van der Waals surface area contributed by atoms with Crippen LogP contribution in [0.3, 0.4) is 0 Å². The number of hydrogen-bond acceptors (Lipinski definition) is 7. The normalized spacial score (nSPS) is 22.5. The first-order chi connectivity index (χ1) is 20.4. The van der Waals surface area contributed by atoms with Crippen LogP contribution in [0, 0.1) is 24.0 Å². The number of morpholine rings is 1. The zero-order valence-corrected chi connectivity index (χ0v) is 22.9. The van der Waals surface area contributed by atoms with E-state index in [2.05, 4.69) is 15.8 Å². The molecule has 4 heterocycles. The van der Waals surface area contributed by atoms with Gasteiger partial charge in [0, 0.05) is 42.4 Å². The van der Waals surface area contributed by atoms with E-state index in [9.17, 15) is 13.9 Å². The molecule has 0 amide bonds. The first-order valence-corrected chi connectivity index (χ1v) is 14.1. The van der Waals surface area contributed by atoms with Crippen LogP contribution in [0.5, 0.6) is 11.8 Å². The van der Waals surface area contributed by atoms with E-state index in [1.165, 1.54) is 24.3 Å². The van der Waals surface area contributed by atoms with Crippen LogP contribution in [0.4, 0.5) is 19.0 Å². The first kappa shape index (κ1) is 26.8. The summed E-state index contributed by atoms with van der Waals surface area (Å²) in [6.07, 6.45) is 6.90. The van der Waals surface area contributed by atoms with E-state index in [4.69, 9.17) is 20.9 Å². The third-order valence-corrected chi connectivity index (χ3v) is 8.79. The van der Waals surface area contributed by atoms with Gasteiger partial charge in [-0.05, 0) is 54.6 Å². The highest BCUT2D eigenvalue weighted by Crippen LogP contribution is 2.42. The van der Waals surface area contributed by atoms with Gasteiger partial charge >= 0.3 is 6.01 Å². The number of ether oxygens (including phenoxy) is 2. The summed E-state index contributed by atoms with van der Waals surface area (Å²) >= 11 is 0. The zero-order chi connectivity index (χ0) is 29.0. The van der Waals surface area contributed by atoms with E-state index < -0.39 is 23.3 Å². The molecule has 4 aromatic rings. The number of halogens is 3. The second kappa shape index (κ2) is 10.3. The predicted octanol–water partition coefficient (Wildman–Crippen LogP) is 5.21. The molecular weight excluding hydrogens is 545 g/mol. The van der Waals surface area contributed by atoms with Gasteiger partial charge in [-0.3, -0.25) is 4.90 Å². The molecule has 0 unspecified atom stereocenters. The van der Waals surface area contributed by atoms with Gasteiger partial charge in [0.15, 0.2) is 5.82 Å². The molecule has 3 aliphatic heterocycles. The fraction of sp³-hybridized carbons (Fsp3) is 0.375. The Labute approximate surface area is 240 Å². The Balaban J connectivity index is 1.38. The van der Waals surface area contributed by atoms with E-state index >= 15 is 4.39 Å². The first-order valence-electron chi connectivity index (χ1n) is 14.1. The summed E-state index contributed by atoms with van der Waals surface area (Å²) in [6.45, 7) is 3.50. The van der Waals surface area contributed by atoms with Crippen LogP contribution in [0.25, 0.3) is 32.8 Å². The molecule has 1 N–H and O–H groups in total. The van der Waals surface area contributed by atoms with Crippen molar-refractivity contribution in [2.45, 2.75) is 31.0 Å². The van der Waals surface area contributed by atoms with Crippen LogP contribution in [0.15, 0.2) is 36.4 Å². The lowest BCUT2D eigenvalue weighted by molar-refractivity contribution is 0.107. The van der Waals surface area contributed by atoms with Crippen LogP contribution < -0.4 is 9.64 Å². The van der Waals surface area contributed by atoms with Gasteiger partial charge in [0.25, 0.3) is 0 Å². The molecule has 3 aliphatic rings. The van der Waals surface area contributed by atoms with Crippen molar-refractivity contribution in [3.8, 4) is 35.2 Å². The number of rotatable bonds is 5. The minimum absolute atomic E-state index is 0.000278. The van der Waals surface area contributed by atoms with Gasteiger partial charge in [-0.15, -0.1) is 6.42 Å². The van der Waals surface area contributed by atoms with Crippen LogP contribution >= 0.6 is 0 Å². The molecule has 0 bridgehead atoms. The Kier molecular flexibility index (Phi) is 6.59. The summed E-state index contributed by atoms with van der Waals surface area (Å²) in [5.74, 6) is 1.47. The topological polar surface area (TPSA) is 71.0 Å². The van der Waals surface area contributed by atoms with Crippen molar-refractivity contribution in [3.63, 3.8) is 0 Å². The van der Waals surface area contributed by atoms with Crippen molar-refractivity contribution >= 4 is 27.5 Å². The average molecular weight is 575 g/mol. The molecule has 0 spiro atoms. The van der Waals surface area contributed by atoms with Crippen molar-refractivity contribution in [1.29, 1.82) is 0 Å². The Hall–Kier alpha value is -4.07. The molecule has 42 heavy (non-hydrogen) atoms. The standard InChI is InChI=1S/C32H29F3N4O3/c1-2-22-26(34)7-4-19-14-21(40)15-25(27(19)22)23-5-6-24-29(28(23)35)36-31(37-30(24)38-10-12-41-13-11-38)42-18-32-8-3-9-39(32)17-20(33)16-32/h1,4-7,14-15,20,40H,3,8-13,16-18H2/t20-,32+/m1/s1. The van der Waals surface area contributed by atoms with Crippen molar-refractivity contribution in [3.05, 3.63) is 53.6 Å². The van der Waals surface area contributed by atoms with Crippen molar-refractivity contribution in [2.75, 3.05) is 50.9 Å². The fourth-order valence-electron chi connectivity index (χ4n) is 6.84. The number of aromatic hydroxyl groups is 1. The average Bonchev–Trinajstić information content (AvgIpc) is 3.52. The largest absolute Gasteiger partial charge is 0.508 e. The van der Waals surface area contributed by atoms with Crippen LogP contribution in [-0.4, -0.2) is 77.7 Å².